The molecule has 172 valence electrons. The van der Waals surface area contributed by atoms with Gasteiger partial charge in [0.25, 0.3) is 0 Å². The molecule has 0 radical (unpaired) electrons. The van der Waals surface area contributed by atoms with Crippen LogP contribution in [0.25, 0.3) is 0 Å². The average molecular weight is 432 g/mol. The van der Waals surface area contributed by atoms with Gasteiger partial charge in [-0.2, -0.15) is 0 Å². The van der Waals surface area contributed by atoms with Gasteiger partial charge >= 0.3 is 0 Å². The molecule has 0 aromatic heterocycles. The van der Waals surface area contributed by atoms with E-state index in [0.29, 0.717) is 30.2 Å². The Bertz CT molecular complexity index is 923. The van der Waals surface area contributed by atoms with Gasteiger partial charge in [-0.1, -0.05) is 91.8 Å². The number of nitrogens with zero attached hydrogens (tertiary/aromatic N) is 3. The second-order valence-electron chi connectivity index (χ2n) is 9.75. The number of para-hydroxylation sites is 2. The lowest BCUT2D eigenvalue weighted by molar-refractivity contribution is 0.834. The molecule has 2 rings (SSSR count). The summed E-state index contributed by atoms with van der Waals surface area (Å²) >= 11 is 0. The Hall–Kier alpha value is -2.55. The Labute approximate surface area is 195 Å². The fourth-order valence-corrected chi connectivity index (χ4v) is 3.87. The highest BCUT2D eigenvalue weighted by atomic mass is 14.8. The second kappa shape index (κ2) is 11.9. The van der Waals surface area contributed by atoms with Crippen LogP contribution in [0.4, 0.5) is 11.4 Å². The Morgan fingerprint density at radius 1 is 0.688 bits per heavy atom. The van der Waals surface area contributed by atoms with Crippen molar-refractivity contribution in [3.8, 4) is 0 Å². The summed E-state index contributed by atoms with van der Waals surface area (Å²) in [6, 6.07) is 13.0. The first-order chi connectivity index (χ1) is 15.1. The lowest BCUT2D eigenvalue weighted by Gasteiger charge is -2.16. The smallest absolute Gasteiger partial charge is 0.0743 e. The molecule has 0 aliphatic rings. The van der Waals surface area contributed by atoms with Gasteiger partial charge in [0.1, 0.15) is 0 Å². The van der Waals surface area contributed by atoms with Crippen LogP contribution in [0.5, 0.6) is 0 Å². The Balaban J connectivity index is 2.22. The van der Waals surface area contributed by atoms with Crippen molar-refractivity contribution in [2.45, 2.75) is 86.0 Å². The molecular formula is C29H41N3. The topological polar surface area (TPSA) is 37.1 Å². The maximum absolute atomic E-state index is 4.95. The maximum atomic E-state index is 4.95. The van der Waals surface area contributed by atoms with Crippen molar-refractivity contribution in [3.63, 3.8) is 0 Å². The van der Waals surface area contributed by atoms with Crippen molar-refractivity contribution in [3.05, 3.63) is 58.7 Å². The van der Waals surface area contributed by atoms with Crippen molar-refractivity contribution >= 4 is 29.5 Å². The number of hydrogen-bond donors (Lipinski definition) is 0. The monoisotopic (exact) mass is 431 g/mol. The minimum Gasteiger partial charge on any atom is -0.286 e. The zero-order valence-electron chi connectivity index (χ0n) is 21.5. The molecule has 0 amide bonds. The summed E-state index contributed by atoms with van der Waals surface area (Å²) in [4.78, 5) is 14.4. The number of aliphatic imine (C=N–C) groups is 3. The lowest BCUT2D eigenvalue weighted by Crippen LogP contribution is -1.99. The number of rotatable bonds is 9. The van der Waals surface area contributed by atoms with Crippen molar-refractivity contribution < 1.29 is 0 Å². The van der Waals surface area contributed by atoms with Crippen LogP contribution in [0.1, 0.15) is 108 Å². The van der Waals surface area contributed by atoms with E-state index >= 15 is 0 Å². The first-order valence-electron chi connectivity index (χ1n) is 12.0. The Morgan fingerprint density at radius 3 is 1.50 bits per heavy atom. The first kappa shape index (κ1) is 25.7. The largest absolute Gasteiger partial charge is 0.286 e. The van der Waals surface area contributed by atoms with E-state index in [2.05, 4.69) is 96.8 Å². The molecule has 0 saturated carbocycles. The summed E-state index contributed by atoms with van der Waals surface area (Å²) in [6.45, 7) is 20.3. The third-order valence-corrected chi connectivity index (χ3v) is 5.66. The standard InChI is InChI=1S/C29H41N3/c1-19(2)24-12-10-13-25(20(3)4)28(24)31-17-16-30-18-23(9)32-29-26(21(5)6)14-11-15-27(29)22(7)8/h10-15,17-22H,16H2,1-9H3. The van der Waals surface area contributed by atoms with Crippen LogP contribution < -0.4 is 0 Å². The van der Waals surface area contributed by atoms with Crippen LogP contribution in [0, 0.1) is 0 Å². The highest BCUT2D eigenvalue weighted by Gasteiger charge is 2.14. The molecule has 0 bridgehead atoms. The third kappa shape index (κ3) is 6.72. The van der Waals surface area contributed by atoms with Gasteiger partial charge in [-0.25, -0.2) is 0 Å². The molecule has 0 aliphatic heterocycles. The van der Waals surface area contributed by atoms with E-state index in [9.17, 15) is 0 Å². The fraction of sp³-hybridized carbons (Fsp3) is 0.483. The predicted octanol–water partition coefficient (Wildman–Crippen LogP) is 8.75. The van der Waals surface area contributed by atoms with E-state index in [1.807, 2.05) is 19.4 Å². The van der Waals surface area contributed by atoms with Crippen LogP contribution in [-0.4, -0.2) is 24.7 Å². The summed E-state index contributed by atoms with van der Waals surface area (Å²) in [7, 11) is 0. The summed E-state index contributed by atoms with van der Waals surface area (Å²) in [6.07, 6.45) is 3.78. The van der Waals surface area contributed by atoms with Crippen LogP contribution in [0.15, 0.2) is 51.4 Å². The normalized spacial score (nSPS) is 13.1. The van der Waals surface area contributed by atoms with E-state index in [-0.39, 0.29) is 0 Å². The molecule has 3 nitrogen and oxygen atoms in total. The molecule has 2 aromatic carbocycles. The SMILES string of the molecule is CC(C=NCC=Nc1c(C(C)C)cccc1C(C)C)=Nc1c(C(C)C)cccc1C(C)C. The number of benzene rings is 2. The molecule has 2 aromatic rings. The van der Waals surface area contributed by atoms with Crippen molar-refractivity contribution in [2.75, 3.05) is 6.54 Å². The Morgan fingerprint density at radius 2 is 1.09 bits per heavy atom. The molecule has 0 unspecified atom stereocenters. The summed E-state index contributed by atoms with van der Waals surface area (Å²) in [5, 5.41) is 0. The molecule has 3 heteroatoms. The summed E-state index contributed by atoms with van der Waals surface area (Å²) < 4.78 is 0. The zero-order valence-corrected chi connectivity index (χ0v) is 21.5. The molecule has 0 aliphatic carbocycles. The minimum atomic E-state index is 0.431. The molecular weight excluding hydrogens is 390 g/mol. The van der Waals surface area contributed by atoms with Gasteiger partial charge < -0.3 is 0 Å². The van der Waals surface area contributed by atoms with Gasteiger partial charge in [-0.05, 0) is 52.8 Å². The summed E-state index contributed by atoms with van der Waals surface area (Å²) in [5.74, 6) is 1.74. The highest BCUT2D eigenvalue weighted by molar-refractivity contribution is 6.30. The molecule has 0 heterocycles. The fourth-order valence-electron chi connectivity index (χ4n) is 3.87. The van der Waals surface area contributed by atoms with Crippen LogP contribution in [0.3, 0.4) is 0 Å². The first-order valence-corrected chi connectivity index (χ1v) is 12.0. The molecule has 32 heavy (non-hydrogen) atoms. The summed E-state index contributed by atoms with van der Waals surface area (Å²) in [5.41, 5.74) is 8.28. The Kier molecular flexibility index (Phi) is 9.56. The van der Waals surface area contributed by atoms with Gasteiger partial charge in [0.05, 0.1) is 23.6 Å². The van der Waals surface area contributed by atoms with Crippen molar-refractivity contribution in [2.24, 2.45) is 15.0 Å². The lowest BCUT2D eigenvalue weighted by atomic mass is 9.93. The van der Waals surface area contributed by atoms with E-state index < -0.39 is 0 Å². The van der Waals surface area contributed by atoms with Crippen LogP contribution in [0.2, 0.25) is 0 Å². The number of hydrogen-bond acceptors (Lipinski definition) is 3. The van der Waals surface area contributed by atoms with E-state index in [1.165, 1.54) is 22.3 Å². The van der Waals surface area contributed by atoms with Gasteiger partial charge in [0.2, 0.25) is 0 Å². The molecule has 0 saturated heterocycles. The van der Waals surface area contributed by atoms with Gasteiger partial charge in [0.15, 0.2) is 0 Å². The molecule has 0 spiro atoms. The predicted molar refractivity (Wildman–Crippen MR) is 144 cm³/mol. The van der Waals surface area contributed by atoms with Gasteiger partial charge in [0, 0.05) is 12.4 Å². The molecule has 0 N–H and O–H groups in total. The van der Waals surface area contributed by atoms with Gasteiger partial charge in [-0.3, -0.25) is 15.0 Å². The highest BCUT2D eigenvalue weighted by Crippen LogP contribution is 2.35. The van der Waals surface area contributed by atoms with Crippen LogP contribution in [-0.2, 0) is 0 Å². The molecule has 0 fully saturated rings. The second-order valence-corrected chi connectivity index (χ2v) is 9.75. The van der Waals surface area contributed by atoms with E-state index in [0.717, 1.165) is 17.1 Å². The average Bonchev–Trinajstić information content (AvgIpc) is 2.72. The van der Waals surface area contributed by atoms with E-state index in [4.69, 9.17) is 9.98 Å². The molecule has 0 atom stereocenters. The zero-order chi connectivity index (χ0) is 23.8. The maximum Gasteiger partial charge on any atom is 0.0743 e. The van der Waals surface area contributed by atoms with E-state index in [1.54, 1.807) is 0 Å². The third-order valence-electron chi connectivity index (χ3n) is 5.66. The quantitative estimate of drug-likeness (QED) is 0.356. The van der Waals surface area contributed by atoms with Crippen molar-refractivity contribution in [1.82, 2.24) is 0 Å². The van der Waals surface area contributed by atoms with Gasteiger partial charge in [-0.15, -0.1) is 0 Å². The minimum absolute atomic E-state index is 0.431. The van der Waals surface area contributed by atoms with Crippen LogP contribution >= 0.6 is 0 Å². The van der Waals surface area contributed by atoms with Crippen molar-refractivity contribution in [1.29, 1.82) is 0 Å².